The lowest BCUT2D eigenvalue weighted by molar-refractivity contribution is 0.578. The van der Waals surface area contributed by atoms with Crippen LogP contribution in [0, 0.1) is 11.8 Å². The molecule has 15 heavy (non-hydrogen) atoms. The summed E-state index contributed by atoms with van der Waals surface area (Å²) >= 11 is 0. The lowest BCUT2D eigenvalue weighted by atomic mass is 9.94. The first-order chi connectivity index (χ1) is 7.15. The summed E-state index contributed by atoms with van der Waals surface area (Å²) in [6, 6.07) is 0. The smallest absolute Gasteiger partial charge is 0.0167 e. The quantitative estimate of drug-likeness (QED) is 0.472. The van der Waals surface area contributed by atoms with Crippen molar-refractivity contribution in [3.63, 3.8) is 0 Å². The molecule has 1 N–H and O–H groups in total. The van der Waals surface area contributed by atoms with Gasteiger partial charge in [-0.15, -0.1) is 0 Å². The molecule has 90 valence electrons. The van der Waals surface area contributed by atoms with Crippen LogP contribution in [0.15, 0.2) is 11.6 Å². The summed E-state index contributed by atoms with van der Waals surface area (Å²) in [4.78, 5) is 0. The van der Waals surface area contributed by atoms with Crippen molar-refractivity contribution in [2.75, 3.05) is 13.1 Å². The Labute approximate surface area is 96.3 Å². The highest BCUT2D eigenvalue weighted by Crippen LogP contribution is 2.16. The minimum absolute atomic E-state index is 0.676. The molecule has 1 heteroatoms. The van der Waals surface area contributed by atoms with Crippen molar-refractivity contribution >= 4 is 0 Å². The molecule has 0 bridgehead atoms. The van der Waals surface area contributed by atoms with E-state index < -0.39 is 0 Å². The molecule has 0 rings (SSSR count). The summed E-state index contributed by atoms with van der Waals surface area (Å²) in [7, 11) is 0. The van der Waals surface area contributed by atoms with Crippen LogP contribution >= 0.6 is 0 Å². The lowest BCUT2D eigenvalue weighted by Crippen LogP contribution is -2.20. The van der Waals surface area contributed by atoms with E-state index in [1.54, 1.807) is 5.57 Å². The first-order valence-corrected chi connectivity index (χ1v) is 6.56. The summed E-state index contributed by atoms with van der Waals surface area (Å²) in [5, 5.41) is 3.50. The molecule has 0 aromatic heterocycles. The second-order valence-electron chi connectivity index (χ2n) is 4.65. The SMILES string of the molecule is CCCNCC(=CC(CC)CC)C(C)C. The van der Waals surface area contributed by atoms with Gasteiger partial charge >= 0.3 is 0 Å². The number of hydrogen-bond acceptors (Lipinski definition) is 1. The minimum atomic E-state index is 0.676. The van der Waals surface area contributed by atoms with Gasteiger partial charge in [0.1, 0.15) is 0 Å². The molecule has 0 heterocycles. The third-order valence-corrected chi connectivity index (χ3v) is 3.00. The Balaban J connectivity index is 4.23. The highest BCUT2D eigenvalue weighted by atomic mass is 14.8. The van der Waals surface area contributed by atoms with Crippen molar-refractivity contribution < 1.29 is 0 Å². The van der Waals surface area contributed by atoms with Crippen molar-refractivity contribution in [2.45, 2.75) is 53.9 Å². The van der Waals surface area contributed by atoms with Crippen molar-refractivity contribution in [3.05, 3.63) is 11.6 Å². The fraction of sp³-hybridized carbons (Fsp3) is 0.857. The zero-order valence-corrected chi connectivity index (χ0v) is 11.3. The molecule has 0 saturated carbocycles. The molecular formula is C14H29N. The Hall–Kier alpha value is -0.300. The molecule has 0 amide bonds. The van der Waals surface area contributed by atoms with Gasteiger partial charge in [0.2, 0.25) is 0 Å². The molecule has 0 aromatic carbocycles. The summed E-state index contributed by atoms with van der Waals surface area (Å²) in [5.41, 5.74) is 1.58. The maximum atomic E-state index is 3.50. The molecule has 0 aliphatic carbocycles. The predicted molar refractivity (Wildman–Crippen MR) is 70.2 cm³/mol. The second-order valence-corrected chi connectivity index (χ2v) is 4.65. The summed E-state index contributed by atoms with van der Waals surface area (Å²) in [5.74, 6) is 1.45. The fourth-order valence-corrected chi connectivity index (χ4v) is 1.69. The predicted octanol–water partition coefficient (Wildman–Crippen LogP) is 4.00. The first-order valence-electron chi connectivity index (χ1n) is 6.56. The van der Waals surface area contributed by atoms with E-state index in [2.05, 4.69) is 46.0 Å². The molecule has 1 nitrogen and oxygen atoms in total. The Bertz CT molecular complexity index is 166. The van der Waals surface area contributed by atoms with Gasteiger partial charge in [0, 0.05) is 6.54 Å². The van der Waals surface area contributed by atoms with Gasteiger partial charge in [-0.25, -0.2) is 0 Å². The van der Waals surface area contributed by atoms with Gasteiger partial charge in [-0.05, 0) is 37.6 Å². The Morgan fingerprint density at radius 2 is 1.73 bits per heavy atom. The molecular weight excluding hydrogens is 182 g/mol. The Kier molecular flexibility index (Phi) is 8.79. The highest BCUT2D eigenvalue weighted by molar-refractivity contribution is 5.08. The zero-order valence-electron chi connectivity index (χ0n) is 11.3. The van der Waals surface area contributed by atoms with E-state index in [1.165, 1.54) is 19.3 Å². The fourth-order valence-electron chi connectivity index (χ4n) is 1.69. The first kappa shape index (κ1) is 14.7. The van der Waals surface area contributed by atoms with E-state index in [0.717, 1.165) is 19.0 Å². The van der Waals surface area contributed by atoms with E-state index in [4.69, 9.17) is 0 Å². The lowest BCUT2D eigenvalue weighted by Gasteiger charge is -2.16. The molecule has 0 aliphatic rings. The molecule has 0 spiro atoms. The van der Waals surface area contributed by atoms with Crippen molar-refractivity contribution in [1.82, 2.24) is 5.32 Å². The summed E-state index contributed by atoms with van der Waals surface area (Å²) in [6.45, 7) is 13.6. The van der Waals surface area contributed by atoms with Gasteiger partial charge in [0.15, 0.2) is 0 Å². The largest absolute Gasteiger partial charge is 0.313 e. The average Bonchev–Trinajstić information content (AvgIpc) is 2.23. The number of allylic oxidation sites excluding steroid dienone is 1. The maximum Gasteiger partial charge on any atom is 0.0167 e. The van der Waals surface area contributed by atoms with Crippen molar-refractivity contribution in [3.8, 4) is 0 Å². The van der Waals surface area contributed by atoms with Crippen LogP contribution < -0.4 is 5.32 Å². The minimum Gasteiger partial charge on any atom is -0.313 e. The third kappa shape index (κ3) is 6.72. The number of rotatable bonds is 8. The van der Waals surface area contributed by atoms with E-state index >= 15 is 0 Å². The molecule has 0 aromatic rings. The van der Waals surface area contributed by atoms with Crippen LogP contribution in [-0.4, -0.2) is 13.1 Å². The zero-order chi connectivity index (χ0) is 11.7. The Morgan fingerprint density at radius 1 is 1.13 bits per heavy atom. The number of nitrogens with one attached hydrogen (secondary N) is 1. The molecule has 0 unspecified atom stereocenters. The van der Waals surface area contributed by atoms with Crippen LogP contribution in [-0.2, 0) is 0 Å². The molecule has 0 radical (unpaired) electrons. The van der Waals surface area contributed by atoms with Crippen molar-refractivity contribution in [1.29, 1.82) is 0 Å². The van der Waals surface area contributed by atoms with E-state index in [0.29, 0.717) is 5.92 Å². The number of hydrogen-bond donors (Lipinski definition) is 1. The monoisotopic (exact) mass is 211 g/mol. The second kappa shape index (κ2) is 8.96. The van der Waals surface area contributed by atoms with Gasteiger partial charge < -0.3 is 5.32 Å². The highest BCUT2D eigenvalue weighted by Gasteiger charge is 2.06. The van der Waals surface area contributed by atoms with Gasteiger partial charge in [0.25, 0.3) is 0 Å². The summed E-state index contributed by atoms with van der Waals surface area (Å²) < 4.78 is 0. The van der Waals surface area contributed by atoms with E-state index in [-0.39, 0.29) is 0 Å². The van der Waals surface area contributed by atoms with Gasteiger partial charge in [0.05, 0.1) is 0 Å². The van der Waals surface area contributed by atoms with Gasteiger partial charge in [-0.3, -0.25) is 0 Å². The van der Waals surface area contributed by atoms with Crippen LogP contribution in [0.4, 0.5) is 0 Å². The van der Waals surface area contributed by atoms with Gasteiger partial charge in [-0.2, -0.15) is 0 Å². The topological polar surface area (TPSA) is 12.0 Å². The maximum absolute atomic E-state index is 3.50. The molecule has 0 saturated heterocycles. The van der Waals surface area contributed by atoms with Crippen LogP contribution in [0.1, 0.15) is 53.9 Å². The van der Waals surface area contributed by atoms with E-state index in [1.807, 2.05) is 0 Å². The van der Waals surface area contributed by atoms with Crippen LogP contribution in [0.2, 0.25) is 0 Å². The van der Waals surface area contributed by atoms with E-state index in [9.17, 15) is 0 Å². The molecule has 0 aliphatic heterocycles. The van der Waals surface area contributed by atoms with Crippen LogP contribution in [0.5, 0.6) is 0 Å². The third-order valence-electron chi connectivity index (χ3n) is 3.00. The molecule has 0 fully saturated rings. The van der Waals surface area contributed by atoms with Crippen LogP contribution in [0.25, 0.3) is 0 Å². The standard InChI is InChI=1S/C14H29N/c1-6-9-15-11-14(12(4)5)10-13(7-2)8-3/h10,12-13,15H,6-9,11H2,1-5H3. The average molecular weight is 211 g/mol. The summed E-state index contributed by atoms with van der Waals surface area (Å²) in [6.07, 6.45) is 6.24. The normalized spacial score (nSPS) is 12.9. The Morgan fingerprint density at radius 3 is 2.13 bits per heavy atom. The van der Waals surface area contributed by atoms with Gasteiger partial charge in [-0.1, -0.05) is 46.3 Å². The van der Waals surface area contributed by atoms with Crippen LogP contribution in [0.3, 0.4) is 0 Å². The molecule has 0 atom stereocenters. The van der Waals surface area contributed by atoms with Crippen molar-refractivity contribution in [2.24, 2.45) is 11.8 Å².